The standard InChI is InChI=1S/C19H18FN3O2S/c1-12(2)22-19-23(21-10-13-3-8-17(24)18(25)9-13)16(11-26-19)14-4-6-15(20)7-5-14/h3-12,24-25H,1-2H3. The number of rotatable bonds is 4. The third-order valence-electron chi connectivity index (χ3n) is 3.52. The van der Waals surface area contributed by atoms with Crippen LogP contribution in [0.4, 0.5) is 4.39 Å². The lowest BCUT2D eigenvalue weighted by atomic mass is 10.2. The van der Waals surface area contributed by atoms with E-state index in [1.165, 1.54) is 35.6 Å². The normalized spacial score (nSPS) is 12.4. The van der Waals surface area contributed by atoms with Crippen molar-refractivity contribution < 1.29 is 14.6 Å². The van der Waals surface area contributed by atoms with Gasteiger partial charge in [-0.25, -0.2) is 9.07 Å². The van der Waals surface area contributed by atoms with Gasteiger partial charge < -0.3 is 10.2 Å². The van der Waals surface area contributed by atoms with Gasteiger partial charge in [0.25, 0.3) is 0 Å². The highest BCUT2D eigenvalue weighted by Gasteiger charge is 2.08. The summed E-state index contributed by atoms with van der Waals surface area (Å²) in [5.41, 5.74) is 2.23. The Balaban J connectivity index is 2.08. The molecule has 3 rings (SSSR count). The summed E-state index contributed by atoms with van der Waals surface area (Å²) in [6, 6.07) is 10.7. The van der Waals surface area contributed by atoms with E-state index in [2.05, 4.69) is 10.1 Å². The van der Waals surface area contributed by atoms with E-state index in [-0.39, 0.29) is 23.4 Å². The summed E-state index contributed by atoms with van der Waals surface area (Å²) in [6.45, 7) is 3.95. The molecule has 0 saturated carbocycles. The highest BCUT2D eigenvalue weighted by molar-refractivity contribution is 7.07. The lowest BCUT2D eigenvalue weighted by Gasteiger charge is -2.04. The average molecular weight is 371 g/mol. The topological polar surface area (TPSA) is 70.1 Å². The van der Waals surface area contributed by atoms with Crippen molar-refractivity contribution in [2.24, 2.45) is 10.1 Å². The van der Waals surface area contributed by atoms with Crippen LogP contribution in [0.25, 0.3) is 11.3 Å². The molecule has 134 valence electrons. The van der Waals surface area contributed by atoms with Crippen LogP contribution in [0.3, 0.4) is 0 Å². The third-order valence-corrected chi connectivity index (χ3v) is 4.35. The molecule has 0 fully saturated rings. The van der Waals surface area contributed by atoms with E-state index < -0.39 is 0 Å². The molecule has 0 unspecified atom stereocenters. The number of hydrogen-bond acceptors (Lipinski definition) is 5. The maximum absolute atomic E-state index is 13.2. The van der Waals surface area contributed by atoms with Crippen LogP contribution in [0.15, 0.2) is 57.9 Å². The lowest BCUT2D eigenvalue weighted by molar-refractivity contribution is 0.403. The van der Waals surface area contributed by atoms with Gasteiger partial charge in [-0.15, -0.1) is 11.3 Å². The van der Waals surface area contributed by atoms with Crippen LogP contribution in [0.1, 0.15) is 19.4 Å². The Morgan fingerprint density at radius 2 is 1.81 bits per heavy atom. The molecule has 2 N–H and O–H groups in total. The second kappa shape index (κ2) is 7.53. The van der Waals surface area contributed by atoms with Gasteiger partial charge in [0.1, 0.15) is 5.82 Å². The van der Waals surface area contributed by atoms with Crippen LogP contribution in [0, 0.1) is 5.82 Å². The molecular weight excluding hydrogens is 353 g/mol. The molecule has 2 aromatic carbocycles. The number of halogens is 1. The molecule has 0 aliphatic heterocycles. The first-order valence-corrected chi connectivity index (χ1v) is 8.88. The molecule has 26 heavy (non-hydrogen) atoms. The van der Waals surface area contributed by atoms with Crippen molar-refractivity contribution in [1.82, 2.24) is 4.68 Å². The maximum Gasteiger partial charge on any atom is 0.206 e. The number of thiazole rings is 1. The van der Waals surface area contributed by atoms with Crippen molar-refractivity contribution in [1.29, 1.82) is 0 Å². The summed E-state index contributed by atoms with van der Waals surface area (Å²) in [7, 11) is 0. The van der Waals surface area contributed by atoms with Crippen LogP contribution in [-0.4, -0.2) is 27.1 Å². The molecule has 0 atom stereocenters. The van der Waals surface area contributed by atoms with E-state index in [0.717, 1.165) is 11.3 Å². The minimum atomic E-state index is -0.300. The van der Waals surface area contributed by atoms with Gasteiger partial charge in [-0.2, -0.15) is 5.10 Å². The molecule has 1 heterocycles. The fourth-order valence-electron chi connectivity index (χ4n) is 2.29. The van der Waals surface area contributed by atoms with Crippen molar-refractivity contribution >= 4 is 17.6 Å². The molecule has 1 aromatic heterocycles. The quantitative estimate of drug-likeness (QED) is 0.538. The van der Waals surface area contributed by atoms with Gasteiger partial charge in [0.2, 0.25) is 4.80 Å². The van der Waals surface area contributed by atoms with Gasteiger partial charge in [-0.1, -0.05) is 0 Å². The Bertz CT molecular complexity index is 1000. The number of phenolic OH excluding ortho intramolecular Hbond substituents is 2. The van der Waals surface area contributed by atoms with Gasteiger partial charge >= 0.3 is 0 Å². The molecule has 7 heteroatoms. The molecule has 5 nitrogen and oxygen atoms in total. The van der Waals surface area contributed by atoms with Crippen LogP contribution in [0.2, 0.25) is 0 Å². The van der Waals surface area contributed by atoms with Gasteiger partial charge in [-0.3, -0.25) is 4.99 Å². The van der Waals surface area contributed by atoms with Crippen LogP contribution in [0.5, 0.6) is 11.5 Å². The number of benzene rings is 2. The summed E-state index contributed by atoms with van der Waals surface area (Å²) >= 11 is 1.44. The first kappa shape index (κ1) is 17.9. The van der Waals surface area contributed by atoms with E-state index in [1.54, 1.807) is 29.1 Å². The summed E-state index contributed by atoms with van der Waals surface area (Å²) in [5, 5.41) is 25.4. The molecule has 0 bridgehead atoms. The van der Waals surface area contributed by atoms with Crippen molar-refractivity contribution in [3.05, 3.63) is 64.0 Å². The lowest BCUT2D eigenvalue weighted by Crippen LogP contribution is -2.14. The molecule has 3 aromatic rings. The van der Waals surface area contributed by atoms with E-state index >= 15 is 0 Å². The zero-order chi connectivity index (χ0) is 18.7. The Hall–Kier alpha value is -2.93. The largest absolute Gasteiger partial charge is 0.504 e. The predicted molar refractivity (Wildman–Crippen MR) is 101 cm³/mol. The third kappa shape index (κ3) is 4.00. The van der Waals surface area contributed by atoms with Crippen molar-refractivity contribution in [3.63, 3.8) is 0 Å². The molecule has 0 aliphatic rings. The smallest absolute Gasteiger partial charge is 0.206 e. The number of nitrogens with zero attached hydrogens (tertiary/aromatic N) is 3. The SMILES string of the molecule is CC(C)N=c1scc(-c2ccc(F)cc2)n1N=Cc1ccc(O)c(O)c1. The Kier molecular flexibility index (Phi) is 5.18. The highest BCUT2D eigenvalue weighted by Crippen LogP contribution is 2.24. The zero-order valence-corrected chi connectivity index (χ0v) is 15.1. The van der Waals surface area contributed by atoms with Gasteiger partial charge in [0.05, 0.1) is 11.9 Å². The van der Waals surface area contributed by atoms with Crippen molar-refractivity contribution in [2.45, 2.75) is 19.9 Å². The highest BCUT2D eigenvalue weighted by atomic mass is 32.1. The number of hydrogen-bond donors (Lipinski definition) is 2. The van der Waals surface area contributed by atoms with E-state index in [0.29, 0.717) is 10.4 Å². The van der Waals surface area contributed by atoms with Gasteiger partial charge in [0, 0.05) is 17.0 Å². The molecule has 0 amide bonds. The number of aromatic nitrogens is 1. The van der Waals surface area contributed by atoms with E-state index in [9.17, 15) is 14.6 Å². The molecule has 0 aliphatic carbocycles. The fourth-order valence-corrected chi connectivity index (χ4v) is 3.26. The van der Waals surface area contributed by atoms with Gasteiger partial charge in [-0.05, 0) is 61.9 Å². The summed E-state index contributed by atoms with van der Waals surface area (Å²) < 4.78 is 14.9. The summed E-state index contributed by atoms with van der Waals surface area (Å²) in [6.07, 6.45) is 1.57. The van der Waals surface area contributed by atoms with E-state index in [1.807, 2.05) is 19.2 Å². The fraction of sp³-hybridized carbons (Fsp3) is 0.158. The molecule has 0 radical (unpaired) electrons. The predicted octanol–water partition coefficient (Wildman–Crippen LogP) is 3.96. The zero-order valence-electron chi connectivity index (χ0n) is 14.3. The first-order valence-electron chi connectivity index (χ1n) is 8.00. The first-order chi connectivity index (χ1) is 12.4. The summed E-state index contributed by atoms with van der Waals surface area (Å²) in [5.74, 6) is -0.700. The maximum atomic E-state index is 13.2. The van der Waals surface area contributed by atoms with E-state index in [4.69, 9.17) is 0 Å². The molecular formula is C19H18FN3O2S. The second-order valence-electron chi connectivity index (χ2n) is 5.94. The minimum Gasteiger partial charge on any atom is -0.504 e. The number of aromatic hydroxyl groups is 2. The van der Waals surface area contributed by atoms with Crippen molar-refractivity contribution in [3.8, 4) is 22.8 Å². The van der Waals surface area contributed by atoms with Crippen LogP contribution in [-0.2, 0) is 0 Å². The van der Waals surface area contributed by atoms with Gasteiger partial charge in [0.15, 0.2) is 11.5 Å². The Morgan fingerprint density at radius 3 is 2.46 bits per heavy atom. The van der Waals surface area contributed by atoms with Crippen LogP contribution < -0.4 is 4.80 Å². The monoisotopic (exact) mass is 371 g/mol. The summed E-state index contributed by atoms with van der Waals surface area (Å²) in [4.78, 5) is 5.28. The van der Waals surface area contributed by atoms with Crippen LogP contribution >= 0.6 is 11.3 Å². The number of phenols is 2. The molecule has 0 saturated heterocycles. The average Bonchev–Trinajstić information content (AvgIpc) is 2.98. The molecule has 0 spiro atoms. The second-order valence-corrected chi connectivity index (χ2v) is 6.77. The Labute approximate surface area is 154 Å². The minimum absolute atomic E-state index is 0.0916. The van der Waals surface area contributed by atoms with Crippen molar-refractivity contribution in [2.75, 3.05) is 0 Å². The Morgan fingerprint density at radius 1 is 1.08 bits per heavy atom.